The number of thioether (sulfide) groups is 1. The summed E-state index contributed by atoms with van der Waals surface area (Å²) in [4.78, 5) is 11.4. The van der Waals surface area contributed by atoms with Crippen LogP contribution in [0.5, 0.6) is 0 Å². The van der Waals surface area contributed by atoms with Crippen molar-refractivity contribution < 1.29 is 4.92 Å². The smallest absolute Gasteiger partial charge is 0.269 e. The predicted octanol–water partition coefficient (Wildman–Crippen LogP) is 3.61. The van der Waals surface area contributed by atoms with Crippen molar-refractivity contribution >= 4 is 17.4 Å². The molecule has 0 heterocycles. The largest absolute Gasteiger partial charge is 0.309 e. The van der Waals surface area contributed by atoms with Crippen LogP contribution in [-0.2, 0) is 13.1 Å². The molecular weight excluding hydrogens is 272 g/mol. The van der Waals surface area contributed by atoms with Gasteiger partial charge in [0, 0.05) is 30.1 Å². The summed E-state index contributed by atoms with van der Waals surface area (Å²) in [5.41, 5.74) is 2.39. The second-order valence-corrected chi connectivity index (χ2v) is 5.25. The number of non-ortho nitro benzene ring substituents is 1. The van der Waals surface area contributed by atoms with Crippen LogP contribution in [0.1, 0.15) is 11.1 Å². The van der Waals surface area contributed by atoms with E-state index in [-0.39, 0.29) is 10.6 Å². The Morgan fingerprint density at radius 2 is 1.50 bits per heavy atom. The third-order valence-corrected chi connectivity index (χ3v) is 3.71. The van der Waals surface area contributed by atoms with Crippen LogP contribution in [0, 0.1) is 10.1 Å². The van der Waals surface area contributed by atoms with E-state index in [1.165, 1.54) is 22.6 Å². The quantitative estimate of drug-likeness (QED) is 0.501. The maximum Gasteiger partial charge on any atom is 0.269 e. The van der Waals surface area contributed by atoms with Gasteiger partial charge in [-0.1, -0.05) is 24.3 Å². The van der Waals surface area contributed by atoms with Gasteiger partial charge in [-0.05, 0) is 29.5 Å². The highest BCUT2D eigenvalue weighted by Crippen LogP contribution is 2.15. The van der Waals surface area contributed by atoms with Crippen LogP contribution in [0.15, 0.2) is 53.4 Å². The van der Waals surface area contributed by atoms with Gasteiger partial charge in [-0.3, -0.25) is 10.1 Å². The van der Waals surface area contributed by atoms with Crippen molar-refractivity contribution in [3.63, 3.8) is 0 Å². The van der Waals surface area contributed by atoms with Crippen LogP contribution in [-0.4, -0.2) is 11.2 Å². The van der Waals surface area contributed by atoms with Gasteiger partial charge in [0.25, 0.3) is 5.69 Å². The van der Waals surface area contributed by atoms with Crippen LogP contribution < -0.4 is 5.32 Å². The Morgan fingerprint density at radius 1 is 1.00 bits per heavy atom. The van der Waals surface area contributed by atoms with Gasteiger partial charge in [0.1, 0.15) is 0 Å². The second-order valence-electron chi connectivity index (χ2n) is 4.38. The van der Waals surface area contributed by atoms with Gasteiger partial charge >= 0.3 is 0 Å². The lowest BCUT2D eigenvalue weighted by Crippen LogP contribution is -2.12. The first-order chi connectivity index (χ1) is 9.69. The summed E-state index contributed by atoms with van der Waals surface area (Å²) in [5.74, 6) is 0. The molecule has 0 unspecified atom stereocenters. The van der Waals surface area contributed by atoms with E-state index in [4.69, 9.17) is 0 Å². The Hall–Kier alpha value is -1.85. The minimum atomic E-state index is -0.384. The first kappa shape index (κ1) is 14.6. The van der Waals surface area contributed by atoms with Crippen LogP contribution in [0.4, 0.5) is 5.69 Å². The van der Waals surface area contributed by atoms with Gasteiger partial charge in [0.2, 0.25) is 0 Å². The summed E-state index contributed by atoms with van der Waals surface area (Å²) in [6.07, 6.45) is 2.06. The van der Waals surface area contributed by atoms with E-state index in [1.54, 1.807) is 23.9 Å². The summed E-state index contributed by atoms with van der Waals surface area (Å²) in [5, 5.41) is 13.9. The Labute approximate surface area is 122 Å². The molecule has 1 N–H and O–H groups in total. The zero-order valence-electron chi connectivity index (χ0n) is 11.2. The Balaban J connectivity index is 1.84. The topological polar surface area (TPSA) is 55.2 Å². The fraction of sp³-hybridized carbons (Fsp3) is 0.200. The molecule has 0 amide bonds. The van der Waals surface area contributed by atoms with E-state index in [0.29, 0.717) is 6.54 Å². The molecule has 0 aromatic heterocycles. The summed E-state index contributed by atoms with van der Waals surface area (Å²) in [6, 6.07) is 15.0. The monoisotopic (exact) mass is 288 g/mol. The lowest BCUT2D eigenvalue weighted by atomic mass is 10.2. The molecule has 0 spiro atoms. The van der Waals surface area contributed by atoms with Crippen molar-refractivity contribution in [1.29, 1.82) is 0 Å². The van der Waals surface area contributed by atoms with E-state index >= 15 is 0 Å². The molecule has 4 nitrogen and oxygen atoms in total. The first-order valence-electron chi connectivity index (χ1n) is 6.26. The number of nitro benzene ring substituents is 1. The van der Waals surface area contributed by atoms with Crippen molar-refractivity contribution in [1.82, 2.24) is 5.32 Å². The molecular formula is C15H16N2O2S. The fourth-order valence-corrected chi connectivity index (χ4v) is 2.24. The number of nitrogens with one attached hydrogen (secondary N) is 1. The summed E-state index contributed by atoms with van der Waals surface area (Å²) >= 11 is 1.73. The normalized spacial score (nSPS) is 10.4. The highest BCUT2D eigenvalue weighted by Gasteiger charge is 2.03. The number of benzene rings is 2. The zero-order valence-corrected chi connectivity index (χ0v) is 12.0. The van der Waals surface area contributed by atoms with Gasteiger partial charge in [0.05, 0.1) is 4.92 Å². The molecule has 0 aliphatic heterocycles. The molecule has 0 saturated carbocycles. The molecule has 20 heavy (non-hydrogen) atoms. The summed E-state index contributed by atoms with van der Waals surface area (Å²) in [6.45, 7) is 1.48. The molecule has 0 fully saturated rings. The van der Waals surface area contributed by atoms with E-state index in [1.807, 2.05) is 0 Å². The maximum absolute atomic E-state index is 10.6. The van der Waals surface area contributed by atoms with Crippen LogP contribution in [0.2, 0.25) is 0 Å². The van der Waals surface area contributed by atoms with Gasteiger partial charge in [0.15, 0.2) is 0 Å². The number of hydrogen-bond donors (Lipinski definition) is 1. The molecule has 0 aliphatic rings. The molecule has 104 valence electrons. The lowest BCUT2D eigenvalue weighted by Gasteiger charge is -2.06. The molecule has 0 saturated heterocycles. The molecule has 2 aromatic rings. The van der Waals surface area contributed by atoms with Crippen LogP contribution >= 0.6 is 11.8 Å². The van der Waals surface area contributed by atoms with Gasteiger partial charge in [-0.2, -0.15) is 0 Å². The molecule has 0 atom stereocenters. The predicted molar refractivity (Wildman–Crippen MR) is 81.9 cm³/mol. The van der Waals surface area contributed by atoms with E-state index in [9.17, 15) is 10.1 Å². The fourth-order valence-electron chi connectivity index (χ4n) is 1.83. The Bertz CT molecular complexity index is 567. The number of nitro groups is 1. The second kappa shape index (κ2) is 7.07. The van der Waals surface area contributed by atoms with E-state index in [2.05, 4.69) is 35.8 Å². The minimum absolute atomic E-state index is 0.126. The highest BCUT2D eigenvalue weighted by molar-refractivity contribution is 7.98. The maximum atomic E-state index is 10.6. The molecule has 0 bridgehead atoms. The van der Waals surface area contributed by atoms with Crippen LogP contribution in [0.3, 0.4) is 0 Å². The molecule has 0 radical (unpaired) electrons. The standard InChI is InChI=1S/C15H16N2O2S/c1-20-15-8-4-13(5-9-15)11-16-10-12-2-6-14(7-3-12)17(18)19/h2-9,16H,10-11H2,1H3. The first-order valence-corrected chi connectivity index (χ1v) is 7.48. The molecule has 2 rings (SSSR count). The van der Waals surface area contributed by atoms with Crippen LogP contribution in [0.25, 0.3) is 0 Å². The minimum Gasteiger partial charge on any atom is -0.309 e. The van der Waals surface area contributed by atoms with Gasteiger partial charge in [-0.25, -0.2) is 0 Å². The van der Waals surface area contributed by atoms with Gasteiger partial charge in [-0.15, -0.1) is 11.8 Å². The van der Waals surface area contributed by atoms with Crippen molar-refractivity contribution in [3.05, 3.63) is 69.8 Å². The van der Waals surface area contributed by atoms with Crippen molar-refractivity contribution in [2.24, 2.45) is 0 Å². The molecule has 0 aliphatic carbocycles. The van der Waals surface area contributed by atoms with Crippen molar-refractivity contribution in [2.75, 3.05) is 6.26 Å². The third-order valence-electron chi connectivity index (χ3n) is 2.96. The molecule has 5 heteroatoms. The SMILES string of the molecule is CSc1ccc(CNCc2ccc([N+](=O)[O-])cc2)cc1. The lowest BCUT2D eigenvalue weighted by molar-refractivity contribution is -0.384. The summed E-state index contributed by atoms with van der Waals surface area (Å²) < 4.78 is 0. The average molecular weight is 288 g/mol. The average Bonchev–Trinajstić information content (AvgIpc) is 2.48. The number of nitrogens with zero attached hydrogens (tertiary/aromatic N) is 1. The zero-order chi connectivity index (χ0) is 14.4. The molecule has 2 aromatic carbocycles. The van der Waals surface area contributed by atoms with Crippen molar-refractivity contribution in [2.45, 2.75) is 18.0 Å². The third kappa shape index (κ3) is 4.08. The van der Waals surface area contributed by atoms with E-state index in [0.717, 1.165) is 12.1 Å². The number of rotatable bonds is 6. The van der Waals surface area contributed by atoms with Gasteiger partial charge < -0.3 is 5.32 Å². The Morgan fingerprint density at radius 3 is 1.95 bits per heavy atom. The Kier molecular flexibility index (Phi) is 5.15. The number of hydrogen-bond acceptors (Lipinski definition) is 4. The van der Waals surface area contributed by atoms with E-state index < -0.39 is 0 Å². The van der Waals surface area contributed by atoms with Crippen molar-refractivity contribution in [3.8, 4) is 0 Å². The highest BCUT2D eigenvalue weighted by atomic mass is 32.2. The summed E-state index contributed by atoms with van der Waals surface area (Å²) in [7, 11) is 0.